The summed E-state index contributed by atoms with van der Waals surface area (Å²) >= 11 is 0. The Morgan fingerprint density at radius 1 is 0.731 bits per heavy atom. The predicted octanol–water partition coefficient (Wildman–Crippen LogP) is 8.46. The Hall–Kier alpha value is -5.13. The fraction of sp³-hybridized carbons (Fsp3) is 0.310. The molecule has 3 atom stereocenters. The number of nitrogens with one attached hydrogen (secondary N) is 2. The Labute approximate surface area is 303 Å². The van der Waals surface area contributed by atoms with Crippen LogP contribution in [0.25, 0.3) is 22.6 Å². The lowest BCUT2D eigenvalue weighted by atomic mass is 9.98. The molecule has 52 heavy (non-hydrogen) atoms. The van der Waals surface area contributed by atoms with Crippen molar-refractivity contribution in [1.29, 1.82) is 0 Å². The molecule has 270 valence electrons. The molecular formula is C42H45N3O7. The molecule has 1 aliphatic rings. The van der Waals surface area contributed by atoms with Gasteiger partial charge in [-0.15, -0.1) is 0 Å². The summed E-state index contributed by atoms with van der Waals surface area (Å²) in [7, 11) is 0. The van der Waals surface area contributed by atoms with Crippen molar-refractivity contribution in [2.45, 2.75) is 82.9 Å². The zero-order valence-electron chi connectivity index (χ0n) is 29.1. The Morgan fingerprint density at radius 3 is 2.02 bits per heavy atom. The topological polar surface area (TPSA) is 143 Å². The van der Waals surface area contributed by atoms with E-state index >= 15 is 0 Å². The van der Waals surface area contributed by atoms with Gasteiger partial charge in [-0.05, 0) is 42.5 Å². The van der Waals surface area contributed by atoms with Gasteiger partial charge in [0.25, 0.3) is 0 Å². The molecule has 0 unspecified atom stereocenters. The molecule has 0 radical (unpaired) electrons. The first kappa shape index (κ1) is 36.7. The first-order valence-electron chi connectivity index (χ1n) is 17.9. The lowest BCUT2D eigenvalue weighted by molar-refractivity contribution is -0.251. The lowest BCUT2D eigenvalue weighted by Gasteiger charge is -2.36. The number of oxazole rings is 1. The van der Waals surface area contributed by atoms with Crippen LogP contribution in [0.1, 0.15) is 86.3 Å². The van der Waals surface area contributed by atoms with Gasteiger partial charge in [-0.2, -0.15) is 0 Å². The number of hydroxylamine groups is 1. The highest BCUT2D eigenvalue weighted by molar-refractivity contribution is 5.90. The molecule has 1 aliphatic heterocycles. The average molecular weight is 704 g/mol. The second kappa shape index (κ2) is 18.4. The van der Waals surface area contributed by atoms with Crippen LogP contribution in [0.5, 0.6) is 0 Å². The largest absolute Gasteiger partial charge is 0.440 e. The highest BCUT2D eigenvalue weighted by Gasteiger charge is 2.32. The van der Waals surface area contributed by atoms with Gasteiger partial charge in [-0.25, -0.2) is 10.5 Å². The summed E-state index contributed by atoms with van der Waals surface area (Å²) in [6.07, 6.45) is 4.50. The maximum absolute atomic E-state index is 12.6. The molecule has 2 amide bonds. The number of aromatic nitrogens is 1. The van der Waals surface area contributed by atoms with E-state index in [1.165, 1.54) is 0 Å². The van der Waals surface area contributed by atoms with Crippen molar-refractivity contribution >= 4 is 17.5 Å². The molecule has 10 heteroatoms. The average Bonchev–Trinajstić information content (AvgIpc) is 3.63. The lowest BCUT2D eigenvalue weighted by Crippen LogP contribution is -2.30. The Bertz CT molecular complexity index is 1800. The number of anilines is 1. The van der Waals surface area contributed by atoms with Gasteiger partial charge in [0.15, 0.2) is 17.9 Å². The summed E-state index contributed by atoms with van der Waals surface area (Å²) < 4.78 is 19.5. The van der Waals surface area contributed by atoms with E-state index < -0.39 is 12.2 Å². The monoisotopic (exact) mass is 703 g/mol. The third-order valence-electron chi connectivity index (χ3n) is 9.20. The molecule has 0 bridgehead atoms. The number of unbranched alkanes of at least 4 members (excludes halogenated alkanes) is 3. The number of ether oxygens (including phenoxy) is 2. The van der Waals surface area contributed by atoms with Crippen molar-refractivity contribution in [3.8, 4) is 22.6 Å². The van der Waals surface area contributed by atoms with Crippen LogP contribution in [0.2, 0.25) is 0 Å². The maximum Gasteiger partial charge on any atom is 0.243 e. The molecule has 0 spiro atoms. The molecule has 0 saturated carbocycles. The van der Waals surface area contributed by atoms with Crippen LogP contribution in [0.3, 0.4) is 0 Å². The number of benzene rings is 4. The molecule has 4 N–H and O–H groups in total. The highest BCUT2D eigenvalue weighted by atomic mass is 16.7. The summed E-state index contributed by atoms with van der Waals surface area (Å²) in [5.41, 5.74) is 7.76. The van der Waals surface area contributed by atoms with Crippen LogP contribution in [0.15, 0.2) is 114 Å². The summed E-state index contributed by atoms with van der Waals surface area (Å²) in [6.45, 7) is -0.0271. The Kier molecular flexibility index (Phi) is 13.0. The summed E-state index contributed by atoms with van der Waals surface area (Å²) in [6, 6.07) is 35.4. The second-order valence-corrected chi connectivity index (χ2v) is 13.0. The smallest absolute Gasteiger partial charge is 0.243 e. The molecular weight excluding hydrogens is 658 g/mol. The van der Waals surface area contributed by atoms with Crippen LogP contribution in [0, 0.1) is 0 Å². The highest BCUT2D eigenvalue weighted by Crippen LogP contribution is 2.40. The van der Waals surface area contributed by atoms with Gasteiger partial charge in [-0.3, -0.25) is 14.8 Å². The number of hydrogen-bond donors (Lipinski definition) is 4. The van der Waals surface area contributed by atoms with Crippen LogP contribution in [-0.4, -0.2) is 33.2 Å². The number of rotatable bonds is 16. The van der Waals surface area contributed by atoms with Gasteiger partial charge >= 0.3 is 0 Å². The van der Waals surface area contributed by atoms with Crippen molar-refractivity contribution in [2.24, 2.45) is 0 Å². The van der Waals surface area contributed by atoms with E-state index in [4.69, 9.17) is 24.1 Å². The summed E-state index contributed by atoms with van der Waals surface area (Å²) in [5.74, 6) is 0.915. The predicted molar refractivity (Wildman–Crippen MR) is 197 cm³/mol. The third kappa shape index (κ3) is 10.0. The molecule has 4 aromatic carbocycles. The third-order valence-corrected chi connectivity index (χ3v) is 9.20. The zero-order valence-corrected chi connectivity index (χ0v) is 29.1. The van der Waals surface area contributed by atoms with Crippen molar-refractivity contribution in [3.63, 3.8) is 0 Å². The number of aliphatic hydroxyl groups is 1. The van der Waals surface area contributed by atoms with Gasteiger partial charge in [-0.1, -0.05) is 110 Å². The van der Waals surface area contributed by atoms with Gasteiger partial charge in [0.05, 0.1) is 18.8 Å². The van der Waals surface area contributed by atoms with Crippen LogP contribution in [-0.2, 0) is 32.1 Å². The fourth-order valence-electron chi connectivity index (χ4n) is 6.36. The standard InChI is InChI=1S/C42H45N3O7/c46-28-29-17-19-30(20-18-29)36-27-35(25-26-39-44-40(31-11-5-3-6-12-31)41(52-39)32-13-7-4-8-14-32)50-42(51-36)33-21-23-34(24-22-33)43-37(47)15-9-1-2-10-16-38(48)45-49/h3-8,11-14,17-24,35-36,42,46,49H,1-2,9-10,15-16,25-28H2,(H,43,47)(H,45,48)/t35-,36-,42-/m0/s1. The minimum Gasteiger partial charge on any atom is -0.440 e. The van der Waals surface area contributed by atoms with E-state index in [0.29, 0.717) is 50.1 Å². The number of aryl methyl sites for hydroxylation is 1. The van der Waals surface area contributed by atoms with Crippen molar-refractivity contribution in [3.05, 3.63) is 132 Å². The fourth-order valence-corrected chi connectivity index (χ4v) is 6.36. The van der Waals surface area contributed by atoms with Gasteiger partial charge in [0.2, 0.25) is 11.8 Å². The Morgan fingerprint density at radius 2 is 1.37 bits per heavy atom. The van der Waals surface area contributed by atoms with Crippen LogP contribution in [0.4, 0.5) is 5.69 Å². The first-order valence-corrected chi connectivity index (χ1v) is 17.9. The maximum atomic E-state index is 12.6. The van der Waals surface area contributed by atoms with Gasteiger partial charge < -0.3 is 24.3 Å². The number of carbonyl (C=O) groups excluding carboxylic acids is 2. The van der Waals surface area contributed by atoms with E-state index in [1.807, 2.05) is 109 Å². The quantitative estimate of drug-likeness (QED) is 0.0455. The molecule has 0 aliphatic carbocycles. The molecule has 2 heterocycles. The molecule has 1 saturated heterocycles. The molecule has 6 rings (SSSR count). The minimum atomic E-state index is -0.636. The molecule has 1 aromatic heterocycles. The molecule has 5 aromatic rings. The number of hydrogen-bond acceptors (Lipinski definition) is 8. The molecule has 1 fully saturated rings. The van der Waals surface area contributed by atoms with E-state index in [9.17, 15) is 14.7 Å². The number of nitrogens with zero attached hydrogens (tertiary/aromatic N) is 1. The Balaban J connectivity index is 1.12. The van der Waals surface area contributed by atoms with Crippen molar-refractivity contribution in [1.82, 2.24) is 10.5 Å². The second-order valence-electron chi connectivity index (χ2n) is 13.0. The van der Waals surface area contributed by atoms with Gasteiger partial charge in [0.1, 0.15) is 5.69 Å². The molecule has 10 nitrogen and oxygen atoms in total. The summed E-state index contributed by atoms with van der Waals surface area (Å²) in [5, 5.41) is 21.1. The van der Waals surface area contributed by atoms with Crippen LogP contribution >= 0.6 is 0 Å². The van der Waals surface area contributed by atoms with E-state index in [2.05, 4.69) is 5.32 Å². The SMILES string of the molecule is O=C(CCCCCCC(=O)Nc1ccc([C@H]2O[C@@H](CCc3nc(-c4ccccc4)c(-c4ccccc4)o3)C[C@@H](c3ccc(CO)cc3)O2)cc1)NO. The van der Waals surface area contributed by atoms with Crippen LogP contribution < -0.4 is 10.8 Å². The van der Waals surface area contributed by atoms with E-state index in [1.54, 1.807) is 5.48 Å². The number of carbonyl (C=O) groups is 2. The zero-order chi connectivity index (χ0) is 36.1. The normalized spacial score (nSPS) is 17.1. The van der Waals surface area contributed by atoms with Crippen molar-refractivity contribution in [2.75, 3.05) is 5.32 Å². The summed E-state index contributed by atoms with van der Waals surface area (Å²) in [4.78, 5) is 28.6. The first-order chi connectivity index (χ1) is 25.5. The number of aliphatic hydroxyl groups excluding tert-OH is 1. The van der Waals surface area contributed by atoms with Gasteiger partial charge in [0, 0.05) is 48.1 Å². The minimum absolute atomic E-state index is 0.0271. The van der Waals surface area contributed by atoms with Crippen molar-refractivity contribution < 1.29 is 33.8 Å². The van der Waals surface area contributed by atoms with E-state index in [-0.39, 0.29) is 31.1 Å². The van der Waals surface area contributed by atoms with E-state index in [0.717, 1.165) is 52.1 Å². The number of amides is 2.